The van der Waals surface area contributed by atoms with E-state index in [-0.39, 0.29) is 24.9 Å². The molecule has 1 aliphatic heterocycles. The molecule has 1 amide bonds. The van der Waals surface area contributed by atoms with Gasteiger partial charge in [0.1, 0.15) is 5.54 Å². The van der Waals surface area contributed by atoms with Gasteiger partial charge in [-0.2, -0.15) is 18.3 Å². The lowest BCUT2D eigenvalue weighted by molar-refractivity contribution is -0.137. The number of carbonyl (C=O) groups is 1. The highest BCUT2D eigenvalue weighted by molar-refractivity contribution is 5.85. The van der Waals surface area contributed by atoms with Crippen LogP contribution in [0.2, 0.25) is 0 Å². The minimum absolute atomic E-state index is 0. The molecule has 0 saturated carbocycles. The molecule has 0 unspecified atom stereocenters. The lowest BCUT2D eigenvalue weighted by atomic mass is 9.82. The van der Waals surface area contributed by atoms with E-state index in [9.17, 15) is 18.0 Å². The predicted molar refractivity (Wildman–Crippen MR) is 107 cm³/mol. The molecular formula is C20H26ClF3N4O. The molecule has 0 radical (unpaired) electrons. The van der Waals surface area contributed by atoms with Gasteiger partial charge in [0.05, 0.1) is 5.56 Å². The van der Waals surface area contributed by atoms with Crippen molar-refractivity contribution in [3.63, 3.8) is 0 Å². The van der Waals surface area contributed by atoms with Crippen LogP contribution in [-0.2, 0) is 21.9 Å². The monoisotopic (exact) mass is 430 g/mol. The van der Waals surface area contributed by atoms with Gasteiger partial charge in [0, 0.05) is 24.4 Å². The second-order valence-electron chi connectivity index (χ2n) is 7.88. The van der Waals surface area contributed by atoms with Crippen molar-refractivity contribution < 1.29 is 18.0 Å². The fourth-order valence-corrected chi connectivity index (χ4v) is 3.61. The third-order valence-corrected chi connectivity index (χ3v) is 5.46. The zero-order chi connectivity index (χ0) is 20.4. The Hall–Kier alpha value is -2.06. The summed E-state index contributed by atoms with van der Waals surface area (Å²) in [6.45, 7) is 5.27. The summed E-state index contributed by atoms with van der Waals surface area (Å²) in [7, 11) is 0. The van der Waals surface area contributed by atoms with Crippen LogP contribution in [0.1, 0.15) is 37.8 Å². The Morgan fingerprint density at radius 3 is 2.45 bits per heavy atom. The minimum Gasteiger partial charge on any atom is -0.353 e. The van der Waals surface area contributed by atoms with Gasteiger partial charge >= 0.3 is 6.18 Å². The largest absolute Gasteiger partial charge is 0.416 e. The van der Waals surface area contributed by atoms with E-state index in [4.69, 9.17) is 0 Å². The summed E-state index contributed by atoms with van der Waals surface area (Å²) in [5.74, 6) is -0.155. The first-order valence-electron chi connectivity index (χ1n) is 9.32. The van der Waals surface area contributed by atoms with Crippen molar-refractivity contribution >= 4 is 18.3 Å². The number of rotatable bonds is 5. The second kappa shape index (κ2) is 8.75. The minimum atomic E-state index is -4.39. The zero-order valence-electron chi connectivity index (χ0n) is 16.4. The number of aromatic nitrogens is 2. The van der Waals surface area contributed by atoms with Crippen molar-refractivity contribution in [1.29, 1.82) is 0 Å². The first-order valence-corrected chi connectivity index (χ1v) is 9.32. The fraction of sp³-hybridized carbons (Fsp3) is 0.500. The molecule has 1 aromatic heterocycles. The quantitative estimate of drug-likeness (QED) is 0.763. The van der Waals surface area contributed by atoms with E-state index < -0.39 is 22.7 Å². The van der Waals surface area contributed by atoms with Crippen LogP contribution in [0.15, 0.2) is 42.7 Å². The molecule has 2 aromatic rings. The Morgan fingerprint density at radius 1 is 1.21 bits per heavy atom. The maximum atomic E-state index is 13.1. The third-order valence-electron chi connectivity index (χ3n) is 5.46. The first-order chi connectivity index (χ1) is 13.2. The van der Waals surface area contributed by atoms with Gasteiger partial charge in [-0.3, -0.25) is 9.48 Å². The van der Waals surface area contributed by atoms with E-state index in [0.717, 1.165) is 12.1 Å². The van der Waals surface area contributed by atoms with E-state index in [1.165, 1.54) is 6.07 Å². The topological polar surface area (TPSA) is 59.0 Å². The molecule has 1 saturated heterocycles. The summed E-state index contributed by atoms with van der Waals surface area (Å²) in [5.41, 5.74) is -1.59. The summed E-state index contributed by atoms with van der Waals surface area (Å²) in [6.07, 6.45) is 0.232. The maximum absolute atomic E-state index is 13.1. The van der Waals surface area contributed by atoms with Crippen LogP contribution in [0.25, 0.3) is 0 Å². The molecule has 0 spiro atoms. The Kier molecular flexibility index (Phi) is 7.01. The van der Waals surface area contributed by atoms with Crippen LogP contribution in [-0.4, -0.2) is 35.3 Å². The molecule has 0 aliphatic carbocycles. The van der Waals surface area contributed by atoms with E-state index in [2.05, 4.69) is 15.7 Å². The van der Waals surface area contributed by atoms with Crippen LogP contribution < -0.4 is 10.6 Å². The third kappa shape index (κ3) is 4.93. The van der Waals surface area contributed by atoms with Gasteiger partial charge in [-0.15, -0.1) is 12.4 Å². The number of piperidine rings is 1. The molecule has 29 heavy (non-hydrogen) atoms. The number of benzene rings is 1. The summed E-state index contributed by atoms with van der Waals surface area (Å²) in [5, 5.41) is 10.5. The van der Waals surface area contributed by atoms with Gasteiger partial charge in [-0.05, 0) is 43.6 Å². The number of hydrogen-bond acceptors (Lipinski definition) is 3. The fourth-order valence-electron chi connectivity index (χ4n) is 3.61. The van der Waals surface area contributed by atoms with Crippen molar-refractivity contribution in [1.82, 2.24) is 20.4 Å². The summed E-state index contributed by atoms with van der Waals surface area (Å²) in [6, 6.07) is 7.05. The van der Waals surface area contributed by atoms with Gasteiger partial charge < -0.3 is 10.6 Å². The smallest absolute Gasteiger partial charge is 0.353 e. The Labute approximate surface area is 174 Å². The first kappa shape index (κ1) is 23.2. The van der Waals surface area contributed by atoms with Crippen LogP contribution in [0.3, 0.4) is 0 Å². The van der Waals surface area contributed by atoms with E-state index in [0.29, 0.717) is 31.5 Å². The molecule has 2 heterocycles. The molecule has 1 fully saturated rings. The highest BCUT2D eigenvalue weighted by Gasteiger charge is 2.42. The average molecular weight is 431 g/mol. The van der Waals surface area contributed by atoms with Crippen LogP contribution in [0.4, 0.5) is 13.2 Å². The van der Waals surface area contributed by atoms with Crippen LogP contribution in [0, 0.1) is 0 Å². The predicted octanol–water partition coefficient (Wildman–Crippen LogP) is 3.50. The van der Waals surface area contributed by atoms with Crippen LogP contribution in [0.5, 0.6) is 0 Å². The van der Waals surface area contributed by atoms with Crippen molar-refractivity contribution in [3.05, 3.63) is 53.9 Å². The van der Waals surface area contributed by atoms with E-state index in [1.807, 2.05) is 13.8 Å². The molecule has 1 aromatic carbocycles. The maximum Gasteiger partial charge on any atom is 0.416 e. The van der Waals surface area contributed by atoms with Gasteiger partial charge in [0.2, 0.25) is 5.91 Å². The molecule has 5 nitrogen and oxygen atoms in total. The SMILES string of the molecule is CC(C)(CNC(=O)C1(n2cccn2)CCNCC1)c1cccc(C(F)(F)F)c1.Cl. The number of nitrogens with one attached hydrogen (secondary N) is 2. The number of halogens is 4. The van der Waals surface area contributed by atoms with E-state index >= 15 is 0 Å². The van der Waals surface area contributed by atoms with Gasteiger partial charge in [-0.25, -0.2) is 0 Å². The Balaban J connectivity index is 0.00000300. The molecular weight excluding hydrogens is 405 g/mol. The van der Waals surface area contributed by atoms with Crippen molar-refractivity contribution in [2.75, 3.05) is 19.6 Å². The summed E-state index contributed by atoms with van der Waals surface area (Å²) < 4.78 is 40.8. The lowest BCUT2D eigenvalue weighted by Crippen LogP contribution is -2.56. The molecule has 0 atom stereocenters. The van der Waals surface area contributed by atoms with Gasteiger partial charge in [-0.1, -0.05) is 32.0 Å². The van der Waals surface area contributed by atoms with Crippen molar-refractivity contribution in [2.45, 2.75) is 43.8 Å². The number of nitrogens with zero attached hydrogens (tertiary/aromatic N) is 2. The standard InChI is InChI=1S/C20H25F3N4O.ClH/c1-18(2,15-5-3-6-16(13-15)20(21,22)23)14-25-17(28)19(7-10-24-11-8-19)27-12-4-9-26-27;/h3-6,9,12-13,24H,7-8,10-11,14H2,1-2H3,(H,25,28);1H. The highest BCUT2D eigenvalue weighted by atomic mass is 35.5. The number of carbonyl (C=O) groups excluding carboxylic acids is 1. The summed E-state index contributed by atoms with van der Waals surface area (Å²) in [4.78, 5) is 13.1. The van der Waals surface area contributed by atoms with Crippen LogP contribution >= 0.6 is 12.4 Å². The molecule has 9 heteroatoms. The number of alkyl halides is 3. The van der Waals surface area contributed by atoms with E-state index in [1.54, 1.807) is 29.2 Å². The molecule has 0 bridgehead atoms. The second-order valence-corrected chi connectivity index (χ2v) is 7.88. The Morgan fingerprint density at radius 2 is 1.86 bits per heavy atom. The molecule has 2 N–H and O–H groups in total. The molecule has 3 rings (SSSR count). The van der Waals surface area contributed by atoms with Crippen molar-refractivity contribution in [2.24, 2.45) is 0 Å². The lowest BCUT2D eigenvalue weighted by Gasteiger charge is -2.37. The summed E-state index contributed by atoms with van der Waals surface area (Å²) >= 11 is 0. The van der Waals surface area contributed by atoms with Gasteiger partial charge in [0.15, 0.2) is 0 Å². The molecule has 160 valence electrons. The Bertz CT molecular complexity index is 815. The van der Waals surface area contributed by atoms with Crippen molar-refractivity contribution in [3.8, 4) is 0 Å². The normalized spacial score (nSPS) is 16.7. The average Bonchev–Trinajstić information content (AvgIpc) is 3.21. The molecule has 1 aliphatic rings. The number of amides is 1. The zero-order valence-corrected chi connectivity index (χ0v) is 17.2. The highest BCUT2D eigenvalue weighted by Crippen LogP contribution is 2.33. The number of hydrogen-bond donors (Lipinski definition) is 2. The van der Waals surface area contributed by atoms with Gasteiger partial charge in [0.25, 0.3) is 0 Å².